The van der Waals surface area contributed by atoms with E-state index in [4.69, 9.17) is 14.6 Å². The highest BCUT2D eigenvalue weighted by Gasteiger charge is 2.56. The molecule has 0 saturated carbocycles. The molecule has 0 spiro atoms. The Hall–Kier alpha value is -3.75. The molecule has 3 aromatic carbocycles. The Morgan fingerprint density at radius 1 is 0.864 bits per heavy atom. The van der Waals surface area contributed by atoms with Gasteiger partial charge in [0.1, 0.15) is 12.2 Å². The molecule has 6 unspecified atom stereocenters. The molecule has 3 amide bonds. The minimum absolute atomic E-state index is 0.0620. The largest absolute Gasteiger partial charge is 0.396 e. The molecule has 322 valence electrons. The van der Waals surface area contributed by atoms with Gasteiger partial charge in [0.15, 0.2) is 0 Å². The highest BCUT2D eigenvalue weighted by molar-refractivity contribution is 7.99. The van der Waals surface area contributed by atoms with Crippen molar-refractivity contribution in [2.24, 2.45) is 5.18 Å². The number of rotatable bonds is 26. The monoisotopic (exact) mass is 855 g/mol. The van der Waals surface area contributed by atoms with Crippen molar-refractivity contribution in [2.75, 3.05) is 55.9 Å². The van der Waals surface area contributed by atoms with E-state index in [1.807, 2.05) is 42.1 Å². The molecule has 1 heterocycles. The van der Waals surface area contributed by atoms with Crippen molar-refractivity contribution >= 4 is 41.2 Å². The summed E-state index contributed by atoms with van der Waals surface area (Å²) in [5.41, 5.74) is 4.57. The molecule has 1 aliphatic rings. The topological polar surface area (TPSA) is 228 Å². The van der Waals surface area contributed by atoms with Gasteiger partial charge in [-0.2, -0.15) is 23.5 Å². The predicted molar refractivity (Wildman–Crippen MR) is 230 cm³/mol. The third kappa shape index (κ3) is 15.7. The van der Waals surface area contributed by atoms with Crippen molar-refractivity contribution in [3.63, 3.8) is 0 Å². The first kappa shape index (κ1) is 47.9. The van der Waals surface area contributed by atoms with E-state index in [1.165, 1.54) is 18.1 Å². The third-order valence-corrected chi connectivity index (χ3v) is 11.7. The molecule has 6 atom stereocenters. The highest BCUT2D eigenvalue weighted by Crippen LogP contribution is 2.34. The molecule has 0 bridgehead atoms. The van der Waals surface area contributed by atoms with E-state index in [2.05, 4.69) is 50.7 Å². The van der Waals surface area contributed by atoms with Crippen LogP contribution in [-0.2, 0) is 32.2 Å². The molecule has 0 aliphatic carbocycles. The summed E-state index contributed by atoms with van der Waals surface area (Å²) in [7, 11) is 0. The van der Waals surface area contributed by atoms with Gasteiger partial charge in [-0.25, -0.2) is 0 Å². The number of hydrogen-bond acceptors (Lipinski definition) is 14. The summed E-state index contributed by atoms with van der Waals surface area (Å²) >= 11 is 3.48. The van der Waals surface area contributed by atoms with Crippen LogP contribution in [0.2, 0.25) is 0 Å². The van der Waals surface area contributed by atoms with Crippen LogP contribution in [0.3, 0.4) is 0 Å². The Morgan fingerprint density at radius 2 is 1.46 bits per heavy atom. The molecule has 0 aromatic heterocycles. The van der Waals surface area contributed by atoms with Crippen molar-refractivity contribution in [3.05, 3.63) is 100 Å². The van der Waals surface area contributed by atoms with Gasteiger partial charge in [-0.15, -0.1) is 4.91 Å². The summed E-state index contributed by atoms with van der Waals surface area (Å²) in [5, 5.41) is 56.6. The fraction of sp³-hybridized carbons (Fsp3) is 0.500. The summed E-state index contributed by atoms with van der Waals surface area (Å²) in [4.78, 5) is 49.4. The van der Waals surface area contributed by atoms with E-state index in [0.717, 1.165) is 61.0 Å². The summed E-state index contributed by atoms with van der Waals surface area (Å²) in [6.45, 7) is 4.10. The predicted octanol–water partition coefficient (Wildman–Crippen LogP) is 2.58. The van der Waals surface area contributed by atoms with Gasteiger partial charge in [-0.05, 0) is 58.7 Å². The summed E-state index contributed by atoms with van der Waals surface area (Å²) in [6.07, 6.45) is -6.06. The van der Waals surface area contributed by atoms with Crippen LogP contribution < -0.4 is 21.3 Å². The minimum atomic E-state index is -2.39. The Morgan fingerprint density at radius 3 is 2.03 bits per heavy atom. The lowest BCUT2D eigenvalue weighted by atomic mass is 9.88. The number of nitrogens with one attached hydrogen (secondary N) is 4. The maximum absolute atomic E-state index is 12.9. The molecule has 3 aromatic rings. The zero-order valence-electron chi connectivity index (χ0n) is 33.3. The molecule has 8 N–H and O–H groups in total. The number of nitrogens with zero attached hydrogens (tertiary/aromatic N) is 1. The maximum atomic E-state index is 12.9. The molecule has 1 saturated heterocycles. The molecule has 1 aliphatic heterocycles. The number of carbonyl (C=O) groups excluding carboxylic acids is 3. The summed E-state index contributed by atoms with van der Waals surface area (Å²) < 4.78 is 11.7. The average Bonchev–Trinajstić information content (AvgIpc) is 3.25. The van der Waals surface area contributed by atoms with Gasteiger partial charge in [0, 0.05) is 74.9 Å². The lowest BCUT2D eigenvalue weighted by Crippen LogP contribution is -2.68. The van der Waals surface area contributed by atoms with Crippen molar-refractivity contribution in [3.8, 4) is 11.1 Å². The third-order valence-electron chi connectivity index (χ3n) is 9.55. The van der Waals surface area contributed by atoms with Crippen molar-refractivity contribution in [2.45, 2.75) is 75.5 Å². The van der Waals surface area contributed by atoms with E-state index in [-0.39, 0.29) is 13.2 Å². The number of benzene rings is 3. The Kier molecular flexibility index (Phi) is 20.9. The van der Waals surface area contributed by atoms with Crippen LogP contribution in [0, 0.1) is 4.91 Å². The normalized spacial score (nSPS) is 20.1. The molecule has 1 fully saturated rings. The van der Waals surface area contributed by atoms with Crippen LogP contribution in [0.5, 0.6) is 0 Å². The fourth-order valence-electron chi connectivity index (χ4n) is 6.40. The Balaban J connectivity index is 1.22. The van der Waals surface area contributed by atoms with Crippen molar-refractivity contribution < 1.29 is 44.3 Å². The fourth-order valence-corrected chi connectivity index (χ4v) is 8.04. The molecular formula is C42H57N5O10S2. The second kappa shape index (κ2) is 25.8. The van der Waals surface area contributed by atoms with E-state index < -0.39 is 66.9 Å². The number of ether oxygens (including phenoxy) is 2. The Labute approximate surface area is 353 Å². The van der Waals surface area contributed by atoms with Crippen LogP contribution in [-0.4, -0.2) is 130 Å². The number of carbonyl (C=O) groups is 3. The zero-order valence-corrected chi connectivity index (χ0v) is 34.9. The summed E-state index contributed by atoms with van der Waals surface area (Å²) in [6, 6.07) is 23.5. The van der Waals surface area contributed by atoms with Crippen LogP contribution >= 0.6 is 23.5 Å². The number of hydrogen-bond donors (Lipinski definition) is 8. The van der Waals surface area contributed by atoms with E-state index >= 15 is 0 Å². The van der Waals surface area contributed by atoms with Gasteiger partial charge >= 0.3 is 5.91 Å². The zero-order chi connectivity index (χ0) is 42.5. The summed E-state index contributed by atoms with van der Waals surface area (Å²) in [5.74, 6) is -1.45. The highest BCUT2D eigenvalue weighted by atomic mass is 32.2. The van der Waals surface area contributed by atoms with Crippen LogP contribution in [0.25, 0.3) is 11.1 Å². The van der Waals surface area contributed by atoms with Gasteiger partial charge in [0.2, 0.25) is 5.91 Å². The average molecular weight is 856 g/mol. The molecule has 17 heteroatoms. The Bertz CT molecular complexity index is 1730. The van der Waals surface area contributed by atoms with E-state index in [9.17, 15) is 34.6 Å². The minimum Gasteiger partial charge on any atom is -0.396 e. The smallest absolute Gasteiger partial charge is 0.345 e. The number of thioether (sulfide) groups is 2. The maximum Gasteiger partial charge on any atom is 0.345 e. The number of aliphatic hydroxyl groups is 4. The second-order valence-electron chi connectivity index (χ2n) is 14.1. The first-order valence-corrected chi connectivity index (χ1v) is 22.1. The van der Waals surface area contributed by atoms with Gasteiger partial charge in [0.25, 0.3) is 11.7 Å². The molecule has 0 radical (unpaired) electrons. The first-order valence-electron chi connectivity index (χ1n) is 19.8. The van der Waals surface area contributed by atoms with Crippen LogP contribution in [0.4, 0.5) is 0 Å². The van der Waals surface area contributed by atoms with Crippen LogP contribution in [0.1, 0.15) is 47.7 Å². The van der Waals surface area contributed by atoms with Gasteiger partial charge in [-0.3, -0.25) is 14.4 Å². The lowest BCUT2D eigenvalue weighted by molar-refractivity contribution is -0.301. The van der Waals surface area contributed by atoms with E-state index in [0.29, 0.717) is 17.7 Å². The first-order chi connectivity index (χ1) is 28.6. The van der Waals surface area contributed by atoms with Crippen molar-refractivity contribution in [1.82, 2.24) is 21.3 Å². The standard InChI is InChI=1S/C42H57N5O10S2/c1-29(49)46-37-35(50)25-42(41(54)47-55,56-20-6-22-59-24-18-44-27-31-11-9-30(10-12-31)26-43-17-23-58-21-5-19-48)57-39(37)38(52)36(51)28-45-40(53)34-15-13-33(14-16-34)32-7-3-2-4-8-32/h2-4,7-16,35-39,43-44,48,50-52H,5-6,17-28H2,1H3,(H,45,53)(H,46,49). The van der Waals surface area contributed by atoms with E-state index in [1.54, 1.807) is 36.0 Å². The molecular weight excluding hydrogens is 799 g/mol. The van der Waals surface area contributed by atoms with Gasteiger partial charge in [-0.1, -0.05) is 66.7 Å². The van der Waals surface area contributed by atoms with Gasteiger partial charge < -0.3 is 51.2 Å². The SMILES string of the molecule is CC(=O)NC1C(O)CC(OCCCSCCNCc2ccc(CNCCSCCCO)cc2)(C(=O)N=O)OC1C(O)C(O)CNC(=O)c1ccc(-c2ccccc2)cc1. The number of amides is 3. The van der Waals surface area contributed by atoms with Crippen molar-refractivity contribution in [1.29, 1.82) is 0 Å². The molecule has 15 nitrogen and oxygen atoms in total. The van der Waals surface area contributed by atoms with Gasteiger partial charge in [0.05, 0.1) is 24.9 Å². The number of nitroso groups, excluding NO2 is 1. The number of aliphatic hydroxyl groups excluding tert-OH is 4. The van der Waals surface area contributed by atoms with Crippen LogP contribution in [0.15, 0.2) is 84.0 Å². The molecule has 4 rings (SSSR count). The lowest BCUT2D eigenvalue weighted by Gasteiger charge is -2.46. The second-order valence-corrected chi connectivity index (χ2v) is 16.6. The quantitative estimate of drug-likeness (QED) is 0.0429. The molecule has 59 heavy (non-hydrogen) atoms.